The first-order valence-electron chi connectivity index (χ1n) is 7.82. The number of carbonyl (C=O) groups is 1. The molecule has 1 aliphatic heterocycles. The molecular weight excluding hydrogens is 302 g/mol. The predicted octanol–water partition coefficient (Wildman–Crippen LogP) is 2.92. The van der Waals surface area contributed by atoms with Crippen molar-refractivity contribution < 1.29 is 9.53 Å². The molecule has 1 aromatic carbocycles. The van der Waals surface area contributed by atoms with Gasteiger partial charge >= 0.3 is 6.09 Å². The standard InChI is InChI=1S/C16H24ClN3O2/c1-2-22-16(21)20-12-10-19(11-13-20)9-3-8-18-15-6-4-14(17)5-7-15/h4-7,18H,2-3,8-13H2,1H3. The first-order chi connectivity index (χ1) is 10.7. The van der Waals surface area contributed by atoms with Crippen LogP contribution in [0, 0.1) is 0 Å². The van der Waals surface area contributed by atoms with Gasteiger partial charge in [-0.15, -0.1) is 0 Å². The number of piperazine rings is 1. The Morgan fingerprint density at radius 1 is 1.23 bits per heavy atom. The average Bonchev–Trinajstić information content (AvgIpc) is 2.54. The highest BCUT2D eigenvalue weighted by atomic mass is 35.5. The summed E-state index contributed by atoms with van der Waals surface area (Å²) >= 11 is 5.86. The second-order valence-electron chi connectivity index (χ2n) is 5.31. The molecule has 1 aromatic rings. The fourth-order valence-electron chi connectivity index (χ4n) is 2.47. The van der Waals surface area contributed by atoms with Gasteiger partial charge in [-0.1, -0.05) is 11.6 Å². The minimum atomic E-state index is -0.188. The normalized spacial score (nSPS) is 15.6. The third-order valence-corrected chi connectivity index (χ3v) is 3.97. The summed E-state index contributed by atoms with van der Waals surface area (Å²) in [4.78, 5) is 15.8. The van der Waals surface area contributed by atoms with E-state index < -0.39 is 0 Å². The first kappa shape index (κ1) is 16.9. The van der Waals surface area contributed by atoms with Crippen LogP contribution in [0.25, 0.3) is 0 Å². The van der Waals surface area contributed by atoms with Crippen LogP contribution in [0.4, 0.5) is 10.5 Å². The van der Waals surface area contributed by atoms with Crippen molar-refractivity contribution in [1.29, 1.82) is 0 Å². The summed E-state index contributed by atoms with van der Waals surface area (Å²) < 4.78 is 5.02. The van der Waals surface area contributed by atoms with E-state index in [0.29, 0.717) is 6.61 Å². The molecular formula is C16H24ClN3O2. The monoisotopic (exact) mass is 325 g/mol. The molecule has 1 aliphatic rings. The fraction of sp³-hybridized carbons (Fsp3) is 0.562. The van der Waals surface area contributed by atoms with Crippen LogP contribution in [0.1, 0.15) is 13.3 Å². The highest BCUT2D eigenvalue weighted by Crippen LogP contribution is 2.13. The van der Waals surface area contributed by atoms with Crippen LogP contribution in [-0.4, -0.2) is 61.8 Å². The van der Waals surface area contributed by atoms with E-state index in [-0.39, 0.29) is 6.09 Å². The lowest BCUT2D eigenvalue weighted by Gasteiger charge is -2.34. The van der Waals surface area contributed by atoms with Crippen molar-refractivity contribution in [1.82, 2.24) is 9.80 Å². The highest BCUT2D eigenvalue weighted by molar-refractivity contribution is 6.30. The summed E-state index contributed by atoms with van der Waals surface area (Å²) in [6.07, 6.45) is 0.883. The molecule has 1 fully saturated rings. The average molecular weight is 326 g/mol. The smallest absolute Gasteiger partial charge is 0.409 e. The van der Waals surface area contributed by atoms with E-state index in [1.54, 1.807) is 4.90 Å². The van der Waals surface area contributed by atoms with Crippen molar-refractivity contribution in [2.75, 3.05) is 51.2 Å². The molecule has 0 radical (unpaired) electrons. The number of benzene rings is 1. The third-order valence-electron chi connectivity index (χ3n) is 3.72. The fourth-order valence-corrected chi connectivity index (χ4v) is 2.60. The number of halogens is 1. The molecule has 0 unspecified atom stereocenters. The number of amides is 1. The molecule has 0 aromatic heterocycles. The Bertz CT molecular complexity index is 459. The van der Waals surface area contributed by atoms with Gasteiger partial charge in [0.25, 0.3) is 0 Å². The zero-order chi connectivity index (χ0) is 15.8. The van der Waals surface area contributed by atoms with E-state index in [0.717, 1.165) is 56.4 Å². The van der Waals surface area contributed by atoms with Crippen LogP contribution >= 0.6 is 11.6 Å². The van der Waals surface area contributed by atoms with E-state index in [4.69, 9.17) is 16.3 Å². The SMILES string of the molecule is CCOC(=O)N1CCN(CCCNc2ccc(Cl)cc2)CC1. The molecule has 1 amide bonds. The van der Waals surface area contributed by atoms with Crippen molar-refractivity contribution in [3.05, 3.63) is 29.3 Å². The second-order valence-corrected chi connectivity index (χ2v) is 5.75. The molecule has 0 spiro atoms. The summed E-state index contributed by atoms with van der Waals surface area (Å²) in [5.41, 5.74) is 1.09. The second kappa shape index (κ2) is 8.86. The number of hydrogen-bond acceptors (Lipinski definition) is 4. The molecule has 1 heterocycles. The maximum atomic E-state index is 11.6. The summed E-state index contributed by atoms with van der Waals surface area (Å²) in [7, 11) is 0. The topological polar surface area (TPSA) is 44.8 Å². The summed E-state index contributed by atoms with van der Waals surface area (Å²) in [5, 5.41) is 4.14. The number of anilines is 1. The van der Waals surface area contributed by atoms with Gasteiger partial charge in [0, 0.05) is 43.4 Å². The molecule has 0 aliphatic carbocycles. The van der Waals surface area contributed by atoms with E-state index in [1.807, 2.05) is 31.2 Å². The Balaban J connectivity index is 1.59. The molecule has 122 valence electrons. The van der Waals surface area contributed by atoms with E-state index in [9.17, 15) is 4.79 Å². The molecule has 5 nitrogen and oxygen atoms in total. The zero-order valence-electron chi connectivity index (χ0n) is 13.1. The molecule has 1 N–H and O–H groups in total. The van der Waals surface area contributed by atoms with Gasteiger partial charge in [0.2, 0.25) is 0 Å². The number of ether oxygens (including phenoxy) is 1. The molecule has 2 rings (SSSR count). The van der Waals surface area contributed by atoms with Crippen LogP contribution in [0.3, 0.4) is 0 Å². The Labute approximate surface area is 137 Å². The van der Waals surface area contributed by atoms with Crippen LogP contribution in [-0.2, 0) is 4.74 Å². The van der Waals surface area contributed by atoms with Crippen molar-refractivity contribution in [3.63, 3.8) is 0 Å². The lowest BCUT2D eigenvalue weighted by Crippen LogP contribution is -2.49. The number of hydrogen-bond donors (Lipinski definition) is 1. The molecule has 1 saturated heterocycles. The highest BCUT2D eigenvalue weighted by Gasteiger charge is 2.21. The first-order valence-corrected chi connectivity index (χ1v) is 8.20. The Hall–Kier alpha value is -1.46. The number of nitrogens with zero attached hydrogens (tertiary/aromatic N) is 2. The largest absolute Gasteiger partial charge is 0.450 e. The van der Waals surface area contributed by atoms with Gasteiger partial charge in [-0.3, -0.25) is 4.90 Å². The van der Waals surface area contributed by atoms with E-state index in [2.05, 4.69) is 10.2 Å². The van der Waals surface area contributed by atoms with Gasteiger partial charge in [-0.05, 0) is 44.2 Å². The van der Waals surface area contributed by atoms with Crippen LogP contribution in [0.2, 0.25) is 5.02 Å². The van der Waals surface area contributed by atoms with Crippen molar-refractivity contribution in [3.8, 4) is 0 Å². The van der Waals surface area contributed by atoms with Gasteiger partial charge < -0.3 is 15.0 Å². The minimum absolute atomic E-state index is 0.188. The number of rotatable bonds is 6. The van der Waals surface area contributed by atoms with Gasteiger partial charge in [0.05, 0.1) is 6.61 Å². The Kier molecular flexibility index (Phi) is 6.80. The zero-order valence-corrected chi connectivity index (χ0v) is 13.8. The lowest BCUT2D eigenvalue weighted by molar-refractivity contribution is 0.0796. The van der Waals surface area contributed by atoms with Gasteiger partial charge in [-0.2, -0.15) is 0 Å². The van der Waals surface area contributed by atoms with Crippen molar-refractivity contribution in [2.45, 2.75) is 13.3 Å². The molecule has 22 heavy (non-hydrogen) atoms. The third kappa shape index (κ3) is 5.39. The summed E-state index contributed by atoms with van der Waals surface area (Å²) in [6.45, 7) is 7.58. The van der Waals surface area contributed by atoms with Crippen molar-refractivity contribution >= 4 is 23.4 Å². The molecule has 6 heteroatoms. The lowest BCUT2D eigenvalue weighted by atomic mass is 10.3. The Morgan fingerprint density at radius 2 is 1.91 bits per heavy atom. The summed E-state index contributed by atoms with van der Waals surface area (Å²) in [5.74, 6) is 0. The van der Waals surface area contributed by atoms with Crippen molar-refractivity contribution in [2.24, 2.45) is 0 Å². The predicted molar refractivity (Wildman–Crippen MR) is 89.6 cm³/mol. The summed E-state index contributed by atoms with van der Waals surface area (Å²) in [6, 6.07) is 7.75. The molecule has 0 atom stereocenters. The van der Waals surface area contributed by atoms with Gasteiger partial charge in [-0.25, -0.2) is 4.79 Å². The quantitative estimate of drug-likeness (QED) is 0.817. The van der Waals surface area contributed by atoms with Gasteiger partial charge in [0.1, 0.15) is 0 Å². The number of nitrogens with one attached hydrogen (secondary N) is 1. The minimum Gasteiger partial charge on any atom is -0.450 e. The van der Waals surface area contributed by atoms with Crippen LogP contribution in [0.5, 0.6) is 0 Å². The van der Waals surface area contributed by atoms with Crippen LogP contribution < -0.4 is 5.32 Å². The Morgan fingerprint density at radius 3 is 2.55 bits per heavy atom. The van der Waals surface area contributed by atoms with Crippen LogP contribution in [0.15, 0.2) is 24.3 Å². The maximum Gasteiger partial charge on any atom is 0.409 e. The van der Waals surface area contributed by atoms with E-state index in [1.165, 1.54) is 0 Å². The molecule has 0 bridgehead atoms. The maximum absolute atomic E-state index is 11.6. The molecule has 0 saturated carbocycles. The van der Waals surface area contributed by atoms with E-state index >= 15 is 0 Å². The van der Waals surface area contributed by atoms with Gasteiger partial charge in [0.15, 0.2) is 0 Å². The number of carbonyl (C=O) groups excluding carboxylic acids is 1.